The Bertz CT molecular complexity index is 842. The van der Waals surface area contributed by atoms with Crippen LogP contribution in [0.4, 0.5) is 13.2 Å². The van der Waals surface area contributed by atoms with Gasteiger partial charge in [-0.15, -0.1) is 6.58 Å². The van der Waals surface area contributed by atoms with Crippen molar-refractivity contribution in [1.82, 2.24) is 10.0 Å². The van der Waals surface area contributed by atoms with Crippen molar-refractivity contribution in [2.24, 2.45) is 0 Å². The number of allylic oxidation sites excluding steroid dienone is 1. The number of nitrogens with zero attached hydrogens (tertiary/aromatic N) is 1. The van der Waals surface area contributed by atoms with Gasteiger partial charge in [0.05, 0.1) is 18.8 Å². The number of nitrogens with one attached hydrogen (secondary N) is 1. The van der Waals surface area contributed by atoms with Crippen molar-refractivity contribution in [3.05, 3.63) is 78.5 Å². The number of hydroxylamine groups is 1. The molecule has 1 N–H and O–H groups in total. The molecule has 0 saturated heterocycles. The monoisotopic (exact) mass is 410 g/mol. The first-order chi connectivity index (χ1) is 13.8. The van der Waals surface area contributed by atoms with Crippen LogP contribution in [0.3, 0.4) is 0 Å². The summed E-state index contributed by atoms with van der Waals surface area (Å²) in [5, 5.41) is 0. The summed E-state index contributed by atoms with van der Waals surface area (Å²) >= 11 is 0. The summed E-state index contributed by atoms with van der Waals surface area (Å²) in [6, 6.07) is 8.16. The largest absolute Gasteiger partial charge is 0.487 e. The van der Waals surface area contributed by atoms with Gasteiger partial charge < -0.3 is 14.0 Å². The lowest BCUT2D eigenvalue weighted by atomic mass is 10.2. The molecule has 0 aliphatic rings. The number of benzene rings is 1. The van der Waals surface area contributed by atoms with E-state index in [4.69, 9.17) is 9.57 Å². The van der Waals surface area contributed by atoms with Gasteiger partial charge in [0.1, 0.15) is 12.0 Å². The van der Waals surface area contributed by atoms with E-state index in [9.17, 15) is 18.0 Å². The van der Waals surface area contributed by atoms with Crippen molar-refractivity contribution < 1.29 is 32.3 Å². The van der Waals surface area contributed by atoms with Crippen molar-refractivity contribution in [1.29, 1.82) is 0 Å². The average molecular weight is 410 g/mol. The fourth-order valence-electron chi connectivity index (χ4n) is 2.24. The predicted molar refractivity (Wildman–Crippen MR) is 100.0 cm³/mol. The molecule has 1 aromatic heterocycles. The van der Waals surface area contributed by atoms with Crippen LogP contribution in [-0.4, -0.2) is 29.9 Å². The van der Waals surface area contributed by atoms with Gasteiger partial charge in [-0.05, 0) is 30.7 Å². The molecule has 0 aliphatic heterocycles. The van der Waals surface area contributed by atoms with Crippen LogP contribution in [-0.2, 0) is 16.1 Å². The molecule has 0 radical (unpaired) electrons. The molecule has 0 aliphatic carbocycles. The van der Waals surface area contributed by atoms with Gasteiger partial charge in [0.2, 0.25) is 5.76 Å². The second kappa shape index (κ2) is 10.4. The molecule has 0 unspecified atom stereocenters. The molecule has 0 saturated carbocycles. The minimum absolute atomic E-state index is 0.120. The van der Waals surface area contributed by atoms with Crippen molar-refractivity contribution in [3.63, 3.8) is 0 Å². The summed E-state index contributed by atoms with van der Waals surface area (Å²) in [5.74, 6) is -1.34. The third kappa shape index (κ3) is 7.04. The lowest BCUT2D eigenvalue weighted by Gasteiger charge is -2.12. The first-order valence-corrected chi connectivity index (χ1v) is 8.68. The van der Waals surface area contributed by atoms with Crippen LogP contribution in [0.5, 0.6) is 5.75 Å². The standard InChI is InChI=1S/C20H21F3N2O4/c1-3-11-29-24-19(26)16-9-10-25(13-16)12-15-5-7-17(8-6-15)28-14-18(27-4-2)20(21,22)23/h3,5-10,13-14H,1,4,11-12H2,2H3,(H,24,26)/b18-14-. The zero-order valence-electron chi connectivity index (χ0n) is 15.7. The first kappa shape index (κ1) is 22.1. The molecule has 1 amide bonds. The molecule has 1 aromatic carbocycles. The molecule has 2 rings (SSSR count). The molecule has 156 valence electrons. The van der Waals surface area contributed by atoms with E-state index in [-0.39, 0.29) is 24.9 Å². The molecule has 2 aromatic rings. The molecule has 0 bridgehead atoms. The van der Waals surface area contributed by atoms with Crippen LogP contribution >= 0.6 is 0 Å². The van der Waals surface area contributed by atoms with Crippen LogP contribution in [0.1, 0.15) is 22.8 Å². The Kier molecular flexibility index (Phi) is 7.90. The third-order valence-corrected chi connectivity index (χ3v) is 3.55. The van der Waals surface area contributed by atoms with Gasteiger partial charge in [-0.25, -0.2) is 5.48 Å². The molecular weight excluding hydrogens is 389 g/mol. The molecule has 0 atom stereocenters. The fourth-order valence-corrected chi connectivity index (χ4v) is 2.24. The Morgan fingerprint density at radius 3 is 2.59 bits per heavy atom. The van der Waals surface area contributed by atoms with E-state index >= 15 is 0 Å². The number of ether oxygens (including phenoxy) is 2. The smallest absolute Gasteiger partial charge is 0.452 e. The van der Waals surface area contributed by atoms with E-state index in [1.807, 2.05) is 0 Å². The molecule has 0 fully saturated rings. The van der Waals surface area contributed by atoms with Crippen molar-refractivity contribution in [3.8, 4) is 5.75 Å². The molecule has 9 heteroatoms. The Hall–Kier alpha value is -3.20. The topological polar surface area (TPSA) is 61.7 Å². The lowest BCUT2D eigenvalue weighted by molar-refractivity contribution is -0.132. The lowest BCUT2D eigenvalue weighted by Crippen LogP contribution is -2.23. The molecule has 0 spiro atoms. The number of alkyl halides is 3. The number of rotatable bonds is 10. The first-order valence-electron chi connectivity index (χ1n) is 8.68. The van der Waals surface area contributed by atoms with Gasteiger partial charge in [-0.3, -0.25) is 9.63 Å². The van der Waals surface area contributed by atoms with Crippen LogP contribution in [0.15, 0.2) is 67.4 Å². The Balaban J connectivity index is 1.95. The van der Waals surface area contributed by atoms with Crippen molar-refractivity contribution in [2.75, 3.05) is 13.2 Å². The summed E-state index contributed by atoms with van der Waals surface area (Å²) in [7, 11) is 0. The van der Waals surface area contributed by atoms with E-state index in [1.165, 1.54) is 13.0 Å². The Morgan fingerprint density at radius 1 is 1.24 bits per heavy atom. The summed E-state index contributed by atoms with van der Waals surface area (Å²) in [6.07, 6.45) is 0.814. The number of aromatic nitrogens is 1. The number of carbonyl (C=O) groups excluding carboxylic acids is 1. The van der Waals surface area contributed by atoms with Gasteiger partial charge in [-0.1, -0.05) is 18.2 Å². The highest BCUT2D eigenvalue weighted by molar-refractivity contribution is 5.93. The number of amides is 1. The van der Waals surface area contributed by atoms with Crippen molar-refractivity contribution >= 4 is 5.91 Å². The van der Waals surface area contributed by atoms with E-state index in [1.54, 1.807) is 47.3 Å². The quantitative estimate of drug-likeness (QED) is 0.276. The van der Waals surface area contributed by atoms with E-state index in [0.717, 1.165) is 5.56 Å². The molecular formula is C20H21F3N2O4. The molecule has 1 heterocycles. The van der Waals surface area contributed by atoms with Gasteiger partial charge >= 0.3 is 6.18 Å². The van der Waals surface area contributed by atoms with Crippen molar-refractivity contribution in [2.45, 2.75) is 19.6 Å². The Labute approximate surface area is 166 Å². The zero-order valence-corrected chi connectivity index (χ0v) is 15.7. The van der Waals surface area contributed by atoms with Gasteiger partial charge in [0, 0.05) is 18.9 Å². The summed E-state index contributed by atoms with van der Waals surface area (Å²) < 4.78 is 49.6. The predicted octanol–water partition coefficient (Wildman–Crippen LogP) is 4.20. The highest BCUT2D eigenvalue weighted by atomic mass is 19.4. The van der Waals surface area contributed by atoms with Crippen LogP contribution in [0.2, 0.25) is 0 Å². The number of hydrogen-bond donors (Lipinski definition) is 1. The number of hydrogen-bond acceptors (Lipinski definition) is 4. The van der Waals surface area contributed by atoms with E-state index in [2.05, 4.69) is 16.8 Å². The van der Waals surface area contributed by atoms with E-state index in [0.29, 0.717) is 18.4 Å². The average Bonchev–Trinajstić information content (AvgIpc) is 3.14. The molecule has 29 heavy (non-hydrogen) atoms. The second-order valence-electron chi connectivity index (χ2n) is 5.78. The summed E-state index contributed by atoms with van der Waals surface area (Å²) in [5.41, 5.74) is 3.59. The zero-order chi connectivity index (χ0) is 21.3. The van der Waals surface area contributed by atoms with Crippen LogP contribution in [0.25, 0.3) is 0 Å². The van der Waals surface area contributed by atoms with Gasteiger partial charge in [-0.2, -0.15) is 13.2 Å². The number of carbonyl (C=O) groups is 1. The van der Waals surface area contributed by atoms with Crippen LogP contribution < -0.4 is 10.2 Å². The van der Waals surface area contributed by atoms with Crippen LogP contribution in [0, 0.1) is 0 Å². The summed E-state index contributed by atoms with van der Waals surface area (Å²) in [6.45, 7) is 5.48. The minimum Gasteiger partial charge on any atom is -0.487 e. The Morgan fingerprint density at radius 2 is 1.97 bits per heavy atom. The maximum absolute atomic E-state index is 12.7. The number of halogens is 3. The van der Waals surface area contributed by atoms with Gasteiger partial charge in [0.15, 0.2) is 0 Å². The minimum atomic E-state index is -4.62. The maximum atomic E-state index is 12.7. The van der Waals surface area contributed by atoms with E-state index < -0.39 is 11.9 Å². The van der Waals surface area contributed by atoms with Gasteiger partial charge in [0.25, 0.3) is 5.91 Å². The highest BCUT2D eigenvalue weighted by Crippen LogP contribution is 2.27. The fraction of sp³-hybridized carbons (Fsp3) is 0.250. The maximum Gasteiger partial charge on any atom is 0.452 e. The SMILES string of the molecule is C=CCONC(=O)c1ccn(Cc2ccc(O/C=C(\OCC)C(F)(F)F)cc2)c1. The second-order valence-corrected chi connectivity index (χ2v) is 5.78. The third-order valence-electron chi connectivity index (χ3n) is 3.55. The summed E-state index contributed by atoms with van der Waals surface area (Å²) in [4.78, 5) is 16.8. The highest BCUT2D eigenvalue weighted by Gasteiger charge is 2.36. The normalized spacial score (nSPS) is 11.8. The molecule has 6 nitrogen and oxygen atoms in total.